The van der Waals surface area contributed by atoms with E-state index in [1.165, 1.54) is 0 Å². The highest BCUT2D eigenvalue weighted by Crippen LogP contribution is 2.29. The van der Waals surface area contributed by atoms with Gasteiger partial charge in [-0.2, -0.15) is 0 Å². The maximum Gasteiger partial charge on any atom is 0.222 e. The number of hydrogen-bond donors (Lipinski definition) is 0. The Balaban J connectivity index is 2.49. The van der Waals surface area contributed by atoms with Crippen molar-refractivity contribution in [3.8, 4) is 0 Å². The van der Waals surface area contributed by atoms with Gasteiger partial charge in [-0.15, -0.1) is 0 Å². The molecule has 1 aliphatic carbocycles. The van der Waals surface area contributed by atoms with Gasteiger partial charge < -0.3 is 9.80 Å². The summed E-state index contributed by atoms with van der Waals surface area (Å²) in [6.45, 7) is 10.4. The Kier molecular flexibility index (Phi) is 9.52. The first kappa shape index (κ1) is 22.3. The summed E-state index contributed by atoms with van der Waals surface area (Å²) >= 11 is 0. The van der Waals surface area contributed by atoms with Crippen LogP contribution in [0.15, 0.2) is 0 Å². The lowest BCUT2D eigenvalue weighted by Crippen LogP contribution is -2.36. The predicted molar refractivity (Wildman–Crippen MR) is 101 cm³/mol. The van der Waals surface area contributed by atoms with Gasteiger partial charge in [0, 0.05) is 63.7 Å². The third-order valence-electron chi connectivity index (χ3n) is 5.45. The fraction of sp³-hybridized carbons (Fsp3) is 0.800. The molecule has 6 nitrogen and oxygen atoms in total. The van der Waals surface area contributed by atoms with Crippen molar-refractivity contribution in [2.45, 2.75) is 66.2 Å². The lowest BCUT2D eigenvalue weighted by atomic mass is 9.76. The lowest BCUT2D eigenvalue weighted by molar-refractivity contribution is -0.139. The molecule has 0 N–H and O–H groups in total. The predicted octanol–water partition coefficient (Wildman–Crippen LogP) is 2.45. The van der Waals surface area contributed by atoms with Crippen molar-refractivity contribution in [3.63, 3.8) is 0 Å². The zero-order valence-corrected chi connectivity index (χ0v) is 16.8. The maximum absolute atomic E-state index is 12.4. The molecule has 26 heavy (non-hydrogen) atoms. The number of carbonyl (C=O) groups is 4. The van der Waals surface area contributed by atoms with Crippen molar-refractivity contribution in [3.05, 3.63) is 0 Å². The molecular formula is C20H34N2O4. The summed E-state index contributed by atoms with van der Waals surface area (Å²) in [7, 11) is 0. The number of amides is 2. The molecule has 2 amide bonds. The number of hydrogen-bond acceptors (Lipinski definition) is 4. The summed E-state index contributed by atoms with van der Waals surface area (Å²) in [5.74, 6) is -0.452. The van der Waals surface area contributed by atoms with Crippen LogP contribution in [0.25, 0.3) is 0 Å². The van der Waals surface area contributed by atoms with E-state index in [-0.39, 0.29) is 48.1 Å². The number of Topliss-reactive ketones (excluding diaryl/α,β-unsaturated/α-hetero) is 2. The largest absolute Gasteiger partial charge is 0.343 e. The molecule has 0 aliphatic heterocycles. The molecule has 0 radical (unpaired) electrons. The van der Waals surface area contributed by atoms with E-state index in [4.69, 9.17) is 0 Å². The summed E-state index contributed by atoms with van der Waals surface area (Å²) in [5.41, 5.74) is 0. The van der Waals surface area contributed by atoms with Crippen molar-refractivity contribution < 1.29 is 19.2 Å². The average molecular weight is 367 g/mol. The van der Waals surface area contributed by atoms with E-state index in [1.54, 1.807) is 9.80 Å². The first-order valence-corrected chi connectivity index (χ1v) is 9.98. The fourth-order valence-electron chi connectivity index (χ4n) is 3.64. The first-order chi connectivity index (χ1) is 12.4. The SMILES string of the molecule is CCN(CC)C(=O)CCC1CC(=O)C(CCC(=O)N(CC)CC)CC1=O. The average Bonchev–Trinajstić information content (AvgIpc) is 2.62. The smallest absolute Gasteiger partial charge is 0.222 e. The number of carbonyl (C=O) groups excluding carboxylic acids is 4. The molecule has 1 rings (SSSR count). The fourth-order valence-corrected chi connectivity index (χ4v) is 3.64. The van der Waals surface area contributed by atoms with Crippen molar-refractivity contribution >= 4 is 23.4 Å². The highest BCUT2D eigenvalue weighted by atomic mass is 16.2. The van der Waals surface area contributed by atoms with Crippen LogP contribution in [0, 0.1) is 11.8 Å². The quantitative estimate of drug-likeness (QED) is 0.595. The van der Waals surface area contributed by atoms with Crippen LogP contribution < -0.4 is 0 Å². The summed E-state index contributed by atoms with van der Waals surface area (Å²) in [6.07, 6.45) is 1.96. The van der Waals surface area contributed by atoms with E-state index in [9.17, 15) is 19.2 Å². The monoisotopic (exact) mass is 366 g/mol. The van der Waals surface area contributed by atoms with E-state index in [1.807, 2.05) is 27.7 Å². The van der Waals surface area contributed by atoms with Crippen molar-refractivity contribution in [2.24, 2.45) is 11.8 Å². The van der Waals surface area contributed by atoms with Crippen LogP contribution >= 0.6 is 0 Å². The van der Waals surface area contributed by atoms with Gasteiger partial charge in [0.15, 0.2) is 0 Å². The van der Waals surface area contributed by atoms with Crippen LogP contribution in [0.1, 0.15) is 66.2 Å². The molecule has 0 bridgehead atoms. The Morgan fingerprint density at radius 3 is 1.31 bits per heavy atom. The zero-order chi connectivity index (χ0) is 19.7. The Labute approximate surface area is 157 Å². The maximum atomic E-state index is 12.4. The minimum absolute atomic E-state index is 0.0437. The van der Waals surface area contributed by atoms with Crippen molar-refractivity contribution in [1.82, 2.24) is 9.80 Å². The molecule has 1 saturated carbocycles. The minimum atomic E-state index is -0.336. The standard InChI is InChI=1S/C20H34N2O4/c1-5-21(6-2)19(25)11-9-15-13-18(24)16(14-17(15)23)10-12-20(26)22(7-3)8-4/h15-16H,5-14H2,1-4H3. The van der Waals surface area contributed by atoms with Crippen molar-refractivity contribution in [2.75, 3.05) is 26.2 Å². The first-order valence-electron chi connectivity index (χ1n) is 9.98. The molecule has 0 aromatic rings. The second kappa shape index (κ2) is 11.1. The molecule has 2 atom stereocenters. The number of rotatable bonds is 10. The molecule has 0 aromatic carbocycles. The lowest BCUT2D eigenvalue weighted by Gasteiger charge is -2.27. The van der Waals surface area contributed by atoms with Gasteiger partial charge in [-0.25, -0.2) is 0 Å². The van der Waals surface area contributed by atoms with Gasteiger partial charge in [-0.3, -0.25) is 19.2 Å². The van der Waals surface area contributed by atoms with Crippen LogP contribution in [-0.4, -0.2) is 59.4 Å². The van der Waals surface area contributed by atoms with E-state index >= 15 is 0 Å². The summed E-state index contributed by atoms with van der Waals surface area (Å²) < 4.78 is 0. The molecule has 0 aromatic heterocycles. The molecule has 0 spiro atoms. The molecule has 0 heterocycles. The van der Waals surface area contributed by atoms with Gasteiger partial charge in [0.1, 0.15) is 11.6 Å². The van der Waals surface area contributed by atoms with Gasteiger partial charge in [-0.05, 0) is 40.5 Å². The minimum Gasteiger partial charge on any atom is -0.343 e. The second-order valence-corrected chi connectivity index (χ2v) is 6.94. The van der Waals surface area contributed by atoms with Crippen LogP contribution in [0.3, 0.4) is 0 Å². The molecule has 6 heteroatoms. The Hall–Kier alpha value is -1.72. The normalized spacial score (nSPS) is 20.2. The van der Waals surface area contributed by atoms with Crippen LogP contribution in [0.4, 0.5) is 0 Å². The van der Waals surface area contributed by atoms with E-state index in [0.717, 1.165) is 0 Å². The molecule has 0 saturated heterocycles. The van der Waals surface area contributed by atoms with Crippen LogP contribution in [-0.2, 0) is 19.2 Å². The summed E-state index contributed by atoms with van der Waals surface area (Å²) in [5, 5.41) is 0. The Morgan fingerprint density at radius 1 is 0.731 bits per heavy atom. The third kappa shape index (κ3) is 6.22. The zero-order valence-electron chi connectivity index (χ0n) is 16.8. The van der Waals surface area contributed by atoms with E-state index in [0.29, 0.717) is 51.9 Å². The van der Waals surface area contributed by atoms with Gasteiger partial charge in [-0.1, -0.05) is 0 Å². The molecular weight excluding hydrogens is 332 g/mol. The van der Waals surface area contributed by atoms with Gasteiger partial charge in [0.2, 0.25) is 11.8 Å². The van der Waals surface area contributed by atoms with E-state index in [2.05, 4.69) is 0 Å². The number of ketones is 2. The second-order valence-electron chi connectivity index (χ2n) is 6.94. The van der Waals surface area contributed by atoms with Crippen LogP contribution in [0.5, 0.6) is 0 Å². The molecule has 148 valence electrons. The Bertz CT molecular complexity index is 464. The van der Waals surface area contributed by atoms with Gasteiger partial charge >= 0.3 is 0 Å². The molecule has 1 fully saturated rings. The van der Waals surface area contributed by atoms with Gasteiger partial charge in [0.25, 0.3) is 0 Å². The van der Waals surface area contributed by atoms with Crippen LogP contribution in [0.2, 0.25) is 0 Å². The summed E-state index contributed by atoms with van der Waals surface area (Å²) in [6, 6.07) is 0. The van der Waals surface area contributed by atoms with Gasteiger partial charge in [0.05, 0.1) is 0 Å². The highest BCUT2D eigenvalue weighted by molar-refractivity contribution is 5.96. The van der Waals surface area contributed by atoms with Crippen molar-refractivity contribution in [1.29, 1.82) is 0 Å². The summed E-state index contributed by atoms with van der Waals surface area (Å²) in [4.78, 5) is 52.4. The third-order valence-corrected chi connectivity index (χ3v) is 5.45. The molecule has 2 unspecified atom stereocenters. The number of nitrogens with zero attached hydrogens (tertiary/aromatic N) is 2. The topological polar surface area (TPSA) is 74.8 Å². The van der Waals surface area contributed by atoms with E-state index < -0.39 is 0 Å². The Morgan fingerprint density at radius 2 is 1.04 bits per heavy atom. The highest BCUT2D eigenvalue weighted by Gasteiger charge is 2.35. The molecule has 1 aliphatic rings.